The van der Waals surface area contributed by atoms with E-state index in [1.165, 1.54) is 6.07 Å². The first-order valence-electron chi connectivity index (χ1n) is 5.13. The number of hydrogen-bond donors (Lipinski definition) is 2. The molecule has 0 radical (unpaired) electrons. The Morgan fingerprint density at radius 2 is 2.05 bits per heavy atom. The summed E-state index contributed by atoms with van der Waals surface area (Å²) in [4.78, 5) is 9.97. The molecule has 6 nitrogen and oxygen atoms in total. The van der Waals surface area contributed by atoms with Gasteiger partial charge in [-0.3, -0.25) is 4.79 Å². The van der Waals surface area contributed by atoms with Crippen molar-refractivity contribution in [1.82, 2.24) is 4.72 Å². The summed E-state index contributed by atoms with van der Waals surface area (Å²) < 4.78 is 54.2. The van der Waals surface area contributed by atoms with E-state index in [-0.39, 0.29) is 5.02 Å². The molecule has 20 heavy (non-hydrogen) atoms. The summed E-state index contributed by atoms with van der Waals surface area (Å²) in [6.45, 7) is -2.15. The summed E-state index contributed by atoms with van der Waals surface area (Å²) in [7, 11) is -4.38. The van der Waals surface area contributed by atoms with Crippen molar-refractivity contribution in [3.8, 4) is 5.75 Å². The summed E-state index contributed by atoms with van der Waals surface area (Å²) in [5.74, 6) is -2.05. The van der Waals surface area contributed by atoms with Gasteiger partial charge in [-0.25, -0.2) is 8.42 Å². The lowest BCUT2D eigenvalue weighted by molar-refractivity contribution is -0.138. The van der Waals surface area contributed by atoms with Crippen LogP contribution in [0.2, 0.25) is 5.02 Å². The van der Waals surface area contributed by atoms with Gasteiger partial charge in [-0.05, 0) is 25.1 Å². The van der Waals surface area contributed by atoms with E-state index in [1.54, 1.807) is 4.72 Å². The molecule has 1 aromatic carbocycles. The maximum absolute atomic E-state index is 12.2. The second-order valence-corrected chi connectivity index (χ2v) is 5.77. The molecule has 0 amide bonds. The Morgan fingerprint density at radius 1 is 1.45 bits per heavy atom. The number of carboxylic acids is 1. The molecule has 0 aliphatic carbocycles. The monoisotopic (exact) mass is 329 g/mol. The minimum Gasteiger partial charge on any atom is -0.480 e. The standard InChI is InChI=1S/C10H10ClF2NO5S/c1-5(9(15)16)14-20(17,18)8-4-6(11)2-3-7(8)19-10(12)13/h2-5,10,14H,1H3,(H,15,16)/t5-/m1/s1. The Bertz CT molecular complexity index is 608. The Morgan fingerprint density at radius 3 is 2.55 bits per heavy atom. The molecule has 0 bridgehead atoms. The molecule has 0 aliphatic rings. The van der Waals surface area contributed by atoms with Gasteiger partial charge in [-0.2, -0.15) is 13.5 Å². The molecule has 0 unspecified atom stereocenters. The minimum atomic E-state index is -4.38. The van der Waals surface area contributed by atoms with Crippen LogP contribution in [-0.2, 0) is 14.8 Å². The molecular weight excluding hydrogens is 320 g/mol. The highest BCUT2D eigenvalue weighted by Gasteiger charge is 2.26. The molecule has 1 aromatic rings. The molecule has 0 spiro atoms. The van der Waals surface area contributed by atoms with Crippen LogP contribution in [0.15, 0.2) is 23.1 Å². The molecule has 112 valence electrons. The average Bonchev–Trinajstić information content (AvgIpc) is 2.30. The highest BCUT2D eigenvalue weighted by Crippen LogP contribution is 2.28. The lowest BCUT2D eigenvalue weighted by Gasteiger charge is -2.14. The quantitative estimate of drug-likeness (QED) is 0.828. The van der Waals surface area contributed by atoms with E-state index in [9.17, 15) is 22.0 Å². The fraction of sp³-hybridized carbons (Fsp3) is 0.300. The van der Waals surface area contributed by atoms with Gasteiger partial charge in [0.25, 0.3) is 0 Å². The fourth-order valence-corrected chi connectivity index (χ4v) is 2.83. The van der Waals surface area contributed by atoms with Crippen molar-refractivity contribution >= 4 is 27.6 Å². The number of sulfonamides is 1. The lowest BCUT2D eigenvalue weighted by Crippen LogP contribution is -2.38. The van der Waals surface area contributed by atoms with Gasteiger partial charge in [-0.15, -0.1) is 0 Å². The summed E-state index contributed by atoms with van der Waals surface area (Å²) in [5.41, 5.74) is 0. The lowest BCUT2D eigenvalue weighted by atomic mass is 10.3. The van der Waals surface area contributed by atoms with Gasteiger partial charge in [0.1, 0.15) is 16.7 Å². The number of benzene rings is 1. The van der Waals surface area contributed by atoms with Crippen LogP contribution in [0, 0.1) is 0 Å². The number of ether oxygens (including phenoxy) is 1. The van der Waals surface area contributed by atoms with Crippen molar-refractivity contribution in [2.24, 2.45) is 0 Å². The van der Waals surface area contributed by atoms with Crippen molar-refractivity contribution in [3.63, 3.8) is 0 Å². The van der Waals surface area contributed by atoms with Gasteiger partial charge in [-0.1, -0.05) is 11.6 Å². The largest absolute Gasteiger partial charge is 0.480 e. The zero-order valence-electron chi connectivity index (χ0n) is 10.0. The highest BCUT2D eigenvalue weighted by molar-refractivity contribution is 7.89. The van der Waals surface area contributed by atoms with Crippen LogP contribution >= 0.6 is 11.6 Å². The second-order valence-electron chi connectivity index (χ2n) is 3.65. The van der Waals surface area contributed by atoms with Crippen LogP contribution in [-0.4, -0.2) is 32.1 Å². The van der Waals surface area contributed by atoms with Crippen LogP contribution in [0.25, 0.3) is 0 Å². The number of hydrogen-bond acceptors (Lipinski definition) is 4. The van der Waals surface area contributed by atoms with Crippen molar-refractivity contribution in [1.29, 1.82) is 0 Å². The first kappa shape index (κ1) is 16.6. The van der Waals surface area contributed by atoms with Crippen molar-refractivity contribution < 1.29 is 31.8 Å². The van der Waals surface area contributed by atoms with E-state index in [0.717, 1.165) is 19.1 Å². The molecule has 0 aliphatic heterocycles. The average molecular weight is 330 g/mol. The number of carboxylic acid groups (broad SMARTS) is 1. The molecule has 0 fully saturated rings. The van der Waals surface area contributed by atoms with E-state index in [1.807, 2.05) is 0 Å². The van der Waals surface area contributed by atoms with Crippen LogP contribution in [0.3, 0.4) is 0 Å². The molecule has 0 heterocycles. The van der Waals surface area contributed by atoms with Crippen molar-refractivity contribution in [2.45, 2.75) is 24.5 Å². The van der Waals surface area contributed by atoms with Gasteiger partial charge < -0.3 is 9.84 Å². The van der Waals surface area contributed by atoms with E-state index >= 15 is 0 Å². The van der Waals surface area contributed by atoms with Crippen LogP contribution in [0.5, 0.6) is 5.75 Å². The predicted molar refractivity (Wildman–Crippen MR) is 65.5 cm³/mol. The second kappa shape index (κ2) is 6.33. The Hall–Kier alpha value is -1.45. The molecule has 1 atom stereocenters. The van der Waals surface area contributed by atoms with E-state index in [0.29, 0.717) is 0 Å². The summed E-state index contributed by atoms with van der Waals surface area (Å²) in [6.07, 6.45) is 0. The normalized spacial score (nSPS) is 13.2. The van der Waals surface area contributed by atoms with Gasteiger partial charge in [0.2, 0.25) is 10.0 Å². The maximum Gasteiger partial charge on any atom is 0.387 e. The molecule has 2 N–H and O–H groups in total. The SMILES string of the molecule is C[C@@H](NS(=O)(=O)c1cc(Cl)ccc1OC(F)F)C(=O)O. The summed E-state index contributed by atoms with van der Waals surface area (Å²) in [6, 6.07) is 1.56. The number of carbonyl (C=O) groups is 1. The topological polar surface area (TPSA) is 92.7 Å². The van der Waals surface area contributed by atoms with Crippen molar-refractivity contribution in [2.75, 3.05) is 0 Å². The number of halogens is 3. The third-order valence-corrected chi connectivity index (χ3v) is 3.91. The predicted octanol–water partition coefficient (Wildman–Crippen LogP) is 1.69. The number of aliphatic carboxylic acids is 1. The molecule has 10 heteroatoms. The van der Waals surface area contributed by atoms with Crippen molar-refractivity contribution in [3.05, 3.63) is 23.2 Å². The zero-order chi connectivity index (χ0) is 15.5. The number of alkyl halides is 2. The Labute approximate surface area is 118 Å². The Balaban J connectivity index is 3.22. The fourth-order valence-electron chi connectivity index (χ4n) is 1.23. The van der Waals surface area contributed by atoms with E-state index in [2.05, 4.69) is 4.74 Å². The summed E-state index contributed by atoms with van der Waals surface area (Å²) in [5, 5.41) is 8.62. The number of nitrogens with one attached hydrogen (secondary N) is 1. The van der Waals surface area contributed by atoms with E-state index in [4.69, 9.17) is 16.7 Å². The zero-order valence-corrected chi connectivity index (χ0v) is 11.6. The van der Waals surface area contributed by atoms with Gasteiger partial charge in [0.15, 0.2) is 0 Å². The smallest absolute Gasteiger partial charge is 0.387 e. The molecule has 0 saturated heterocycles. The number of rotatable bonds is 6. The third-order valence-electron chi connectivity index (χ3n) is 2.11. The van der Waals surface area contributed by atoms with Gasteiger partial charge in [0, 0.05) is 5.02 Å². The first-order valence-corrected chi connectivity index (χ1v) is 6.99. The molecule has 0 aromatic heterocycles. The third kappa shape index (κ3) is 4.29. The minimum absolute atomic E-state index is 0.0324. The molecule has 1 rings (SSSR count). The molecule has 0 saturated carbocycles. The molecular formula is C10H10ClF2NO5S. The van der Waals surface area contributed by atoms with Gasteiger partial charge >= 0.3 is 12.6 Å². The summed E-state index contributed by atoms with van der Waals surface area (Å²) >= 11 is 5.61. The van der Waals surface area contributed by atoms with E-state index < -0.39 is 39.3 Å². The Kier molecular flexibility index (Phi) is 5.26. The highest BCUT2D eigenvalue weighted by atomic mass is 35.5. The maximum atomic E-state index is 12.2. The van der Waals surface area contributed by atoms with Crippen LogP contribution in [0.4, 0.5) is 8.78 Å². The van der Waals surface area contributed by atoms with Gasteiger partial charge in [0.05, 0.1) is 0 Å². The van der Waals surface area contributed by atoms with Crippen LogP contribution < -0.4 is 9.46 Å². The first-order chi connectivity index (χ1) is 9.13. The van der Waals surface area contributed by atoms with Crippen LogP contribution in [0.1, 0.15) is 6.92 Å².